The predicted molar refractivity (Wildman–Crippen MR) is 353 cm³/mol. The average molecular weight is 1510 g/mol. The molecule has 0 unspecified atom stereocenters. The van der Waals surface area contributed by atoms with E-state index in [1.165, 1.54) is 92.5 Å². The average Bonchev–Trinajstić information content (AvgIpc) is 0.938. The zero-order valence-electron chi connectivity index (χ0n) is 59.7. The van der Waals surface area contributed by atoms with E-state index in [1.54, 1.807) is 26.0 Å². The first-order valence-corrected chi connectivity index (χ1v) is 32.1. The first-order chi connectivity index (χ1) is 42.3. The van der Waals surface area contributed by atoms with Crippen LogP contribution in [0, 0.1) is 75.2 Å². The number of carbonyl (C=O) groups is 2. The van der Waals surface area contributed by atoms with Crippen molar-refractivity contribution in [2.75, 3.05) is 0 Å². The van der Waals surface area contributed by atoms with Crippen LogP contribution in [0.15, 0.2) is 108 Å². The summed E-state index contributed by atoms with van der Waals surface area (Å²) in [4.78, 5) is 33.8. The molecule has 2 aromatic heterocycles. The Morgan fingerprint density at radius 3 is 1.14 bits per heavy atom. The van der Waals surface area contributed by atoms with Crippen LogP contribution in [-0.4, -0.2) is 31.7 Å². The minimum absolute atomic E-state index is 0. The van der Waals surface area contributed by atoms with Crippen LogP contribution in [-0.2, 0) is 62.6 Å². The second kappa shape index (κ2) is 38.6. The first kappa shape index (κ1) is 64.9. The van der Waals surface area contributed by atoms with E-state index < -0.39 is 13.7 Å². The van der Waals surface area contributed by atoms with Gasteiger partial charge in [-0.1, -0.05) is 202 Å². The van der Waals surface area contributed by atoms with Gasteiger partial charge in [-0.05, 0) is 125 Å². The van der Waals surface area contributed by atoms with Crippen molar-refractivity contribution in [3.63, 3.8) is 0 Å². The molecular weight excluding hydrogens is 1400 g/mol. The number of nitrogens with zero attached hydrogens (tertiary/aromatic N) is 2. The second-order valence-electron chi connectivity index (χ2n) is 23.9. The first-order valence-electron chi connectivity index (χ1n) is 35.1. The summed E-state index contributed by atoms with van der Waals surface area (Å²) in [6.45, 7) is 19.3. The number of aryl methyl sites for hydroxylation is 4. The van der Waals surface area contributed by atoms with E-state index >= 15 is 0 Å². The van der Waals surface area contributed by atoms with Crippen LogP contribution in [0.4, 0.5) is 0 Å². The number of hydrogen-bond donors (Lipinski definition) is 2. The number of allylic oxidation sites excluding steroid dienone is 4. The summed E-state index contributed by atoms with van der Waals surface area (Å²) in [6.07, 6.45) is 24.1. The van der Waals surface area contributed by atoms with Crippen LogP contribution in [0.3, 0.4) is 0 Å². The third kappa shape index (κ3) is 22.2. The molecule has 2 heterocycles. The normalized spacial score (nSPS) is 15.8. The van der Waals surface area contributed by atoms with Crippen LogP contribution in [0.25, 0.3) is 44.3 Å². The van der Waals surface area contributed by atoms with Crippen molar-refractivity contribution in [1.82, 2.24) is 9.97 Å². The SMILES string of the molecule is CCC(CC)C(=O)C(C)=C(O)C(CC)CC.CCC(CC)C(=O)C(C)=C(O)C(CC)CC.[2H]C([2H])([2H])c1[c-]c(-c2ccc3c(CC4CCCCC4)cccc3n2)cc(C)c1.[2H]C([2H])([2H])c1[c-]c(-c2ccc3c(CC4CCCCCC4)cccc3n2)cc(C)c1.[Ir].[Ir]. The van der Waals surface area contributed by atoms with Crippen molar-refractivity contribution in [3.05, 3.63) is 153 Å². The molecule has 0 spiro atoms. The molecule has 4 aromatic carbocycles. The summed E-state index contributed by atoms with van der Waals surface area (Å²) in [6, 6.07) is 34.4. The number of carbonyl (C=O) groups excluding carboxylic acids is 2. The number of Topliss-reactive ketones (excluding diaryl/α,β-unsaturated/α-hetero) is 2. The summed E-state index contributed by atoms with van der Waals surface area (Å²) in [5.41, 5.74) is 11.2. The third-order valence-corrected chi connectivity index (χ3v) is 17.9. The molecular formula is C77H106Ir2N2O4-2. The molecule has 8 heteroatoms. The number of rotatable bonds is 20. The van der Waals surface area contributed by atoms with Gasteiger partial charge in [0.15, 0.2) is 11.6 Å². The summed E-state index contributed by atoms with van der Waals surface area (Å²) in [7, 11) is 0. The zero-order valence-corrected chi connectivity index (χ0v) is 58.5. The fourth-order valence-electron chi connectivity index (χ4n) is 12.5. The van der Waals surface area contributed by atoms with E-state index in [0.29, 0.717) is 22.7 Å². The van der Waals surface area contributed by atoms with Gasteiger partial charge < -0.3 is 10.2 Å². The molecule has 0 saturated heterocycles. The number of fused-ring (bicyclic) bond motifs is 2. The summed E-state index contributed by atoms with van der Waals surface area (Å²) >= 11 is 0. The van der Waals surface area contributed by atoms with Gasteiger partial charge in [-0.15, -0.1) is 69.8 Å². The predicted octanol–water partition coefficient (Wildman–Crippen LogP) is 21.8. The van der Waals surface area contributed by atoms with E-state index in [9.17, 15) is 19.8 Å². The number of aromatic nitrogens is 2. The quantitative estimate of drug-likeness (QED) is 0.0342. The molecule has 2 aliphatic rings. The molecule has 0 amide bonds. The van der Waals surface area contributed by atoms with Crippen LogP contribution >= 0.6 is 0 Å². The number of hydrogen-bond acceptors (Lipinski definition) is 6. The van der Waals surface area contributed by atoms with Crippen molar-refractivity contribution >= 4 is 33.4 Å². The van der Waals surface area contributed by atoms with Gasteiger partial charge in [-0.2, -0.15) is 0 Å². The Morgan fingerprint density at radius 2 is 0.824 bits per heavy atom. The molecule has 8 rings (SSSR count). The van der Waals surface area contributed by atoms with Crippen molar-refractivity contribution < 1.29 is 68.2 Å². The van der Waals surface area contributed by atoms with Crippen molar-refractivity contribution in [3.8, 4) is 22.5 Å². The number of benzene rings is 4. The van der Waals surface area contributed by atoms with E-state index in [4.69, 9.17) is 18.2 Å². The molecule has 0 atom stereocenters. The van der Waals surface area contributed by atoms with E-state index in [-0.39, 0.29) is 86.6 Å². The van der Waals surface area contributed by atoms with Crippen molar-refractivity contribution in [2.24, 2.45) is 35.5 Å². The van der Waals surface area contributed by atoms with Gasteiger partial charge in [0.05, 0.1) is 11.0 Å². The zero-order chi connectivity index (χ0) is 65.6. The summed E-state index contributed by atoms with van der Waals surface area (Å²) in [5, 5.41) is 22.5. The van der Waals surface area contributed by atoms with E-state index in [2.05, 4.69) is 54.6 Å². The molecule has 2 radical (unpaired) electrons. The molecule has 0 bridgehead atoms. The molecule has 468 valence electrons. The smallest absolute Gasteiger partial charge is 0.164 e. The fraction of sp³-hybridized carbons (Fsp3) is 0.532. The van der Waals surface area contributed by atoms with E-state index in [0.717, 1.165) is 121 Å². The minimum Gasteiger partial charge on any atom is -0.512 e. The standard InChI is InChI=1S/C25H28N.C24H26N.2C14H26O2.2Ir/c1-18-14-19(2)16-22(15-18)24-13-12-23-21(10-7-11-25(23)26-24)17-20-8-5-3-4-6-9-20;1-17-13-18(2)15-21(14-17)23-12-11-22-20(9-6-10-24(22)25-23)16-19-7-4-3-5-8-19;2*1-6-11(7-2)13(15)10(5)14(16)12(8-3)9-4;;/h7,10-15,20H,3-6,8-9,17H2,1-2H3;6,9-14,19H,3-5,7-8,16H2,1-2H3;2*11-12,15H,6-9H2,1-5H3;;/q2*-1;;;;/i2*2D3;;;;. The molecule has 6 nitrogen and oxygen atoms in total. The monoisotopic (exact) mass is 1510 g/mol. The Labute approximate surface area is 550 Å². The van der Waals surface area contributed by atoms with Crippen LogP contribution < -0.4 is 0 Å². The Kier molecular flexibility index (Phi) is 29.5. The topological polar surface area (TPSA) is 100 Å². The molecule has 2 saturated carbocycles. The molecule has 2 aliphatic carbocycles. The van der Waals surface area contributed by atoms with Gasteiger partial charge in [0.2, 0.25) is 0 Å². The third-order valence-electron chi connectivity index (χ3n) is 17.9. The molecule has 85 heavy (non-hydrogen) atoms. The van der Waals surface area contributed by atoms with Crippen LogP contribution in [0.5, 0.6) is 0 Å². The fourth-order valence-corrected chi connectivity index (χ4v) is 12.5. The molecule has 0 aliphatic heterocycles. The number of aliphatic hydroxyl groups is 2. The Morgan fingerprint density at radius 1 is 0.494 bits per heavy atom. The Hall–Kier alpha value is -4.58. The minimum atomic E-state index is -2.16. The van der Waals surface area contributed by atoms with Crippen molar-refractivity contribution in [2.45, 2.75) is 232 Å². The maximum atomic E-state index is 12.1. The maximum Gasteiger partial charge on any atom is 0.164 e. The van der Waals surface area contributed by atoms with Crippen LogP contribution in [0.1, 0.15) is 233 Å². The van der Waals surface area contributed by atoms with Gasteiger partial charge in [-0.25, -0.2) is 0 Å². The van der Waals surface area contributed by atoms with Crippen LogP contribution in [0.2, 0.25) is 0 Å². The molecule has 2 fully saturated rings. The Balaban J connectivity index is 0.000000327. The van der Waals surface area contributed by atoms with Gasteiger partial charge >= 0.3 is 0 Å². The second-order valence-corrected chi connectivity index (χ2v) is 23.9. The summed E-state index contributed by atoms with van der Waals surface area (Å²) < 4.78 is 46.2. The summed E-state index contributed by atoms with van der Waals surface area (Å²) in [5.74, 6) is 2.82. The Bertz CT molecular complexity index is 3230. The van der Waals surface area contributed by atoms with E-state index in [1.807, 2.05) is 99.6 Å². The van der Waals surface area contributed by atoms with Gasteiger partial charge in [0.25, 0.3) is 0 Å². The largest absolute Gasteiger partial charge is 0.512 e. The van der Waals surface area contributed by atoms with Crippen molar-refractivity contribution in [1.29, 1.82) is 0 Å². The number of aliphatic hydroxyl groups excluding tert-OH is 2. The van der Waals surface area contributed by atoms with Gasteiger partial charge in [0, 0.05) is 94.0 Å². The molecule has 6 aromatic rings. The number of pyridine rings is 2. The van der Waals surface area contributed by atoms with Gasteiger partial charge in [-0.3, -0.25) is 19.6 Å². The number of ketones is 2. The molecule has 2 N–H and O–H groups in total. The maximum absolute atomic E-state index is 12.1. The van der Waals surface area contributed by atoms with Gasteiger partial charge in [0.1, 0.15) is 11.5 Å².